The number of benzene rings is 2. The first-order chi connectivity index (χ1) is 12.1. The number of aromatic nitrogens is 1. The van der Waals surface area contributed by atoms with Crippen molar-refractivity contribution in [1.82, 2.24) is 0 Å². The second-order valence-electron chi connectivity index (χ2n) is 5.76. The molecule has 2 aromatic carbocycles. The van der Waals surface area contributed by atoms with Crippen LogP contribution in [0.25, 0.3) is 0 Å². The standard InChI is InChI=1S/C20H17N2O3.BrH/c1-15-7-5-6-12-21(15)14-17-10-11-18(22(24)25)13-19(17)20(23)16-8-3-2-4-9-16;/h2-13H,14H2,1H3;1H/q+1;/p-1. The van der Waals surface area contributed by atoms with Crippen molar-refractivity contribution in [2.75, 3.05) is 0 Å². The molecule has 0 aliphatic rings. The number of carbonyl (C=O) groups excluding carboxylic acids is 1. The van der Waals surface area contributed by atoms with E-state index in [-0.39, 0.29) is 28.5 Å². The van der Waals surface area contributed by atoms with E-state index in [1.54, 1.807) is 30.3 Å². The summed E-state index contributed by atoms with van der Waals surface area (Å²) in [7, 11) is 0. The largest absolute Gasteiger partial charge is 1.00 e. The SMILES string of the molecule is Cc1cccc[n+]1Cc1ccc([N+](=O)[O-])cc1C(=O)c1ccccc1.[Br-]. The van der Waals surface area contributed by atoms with E-state index in [0.29, 0.717) is 17.7 Å². The third-order valence-corrected chi connectivity index (χ3v) is 4.09. The molecule has 0 radical (unpaired) electrons. The van der Waals surface area contributed by atoms with Gasteiger partial charge < -0.3 is 17.0 Å². The van der Waals surface area contributed by atoms with Gasteiger partial charge in [-0.15, -0.1) is 0 Å². The molecule has 6 heteroatoms. The van der Waals surface area contributed by atoms with Crippen LogP contribution in [-0.4, -0.2) is 10.7 Å². The van der Waals surface area contributed by atoms with Crippen LogP contribution in [-0.2, 0) is 6.54 Å². The number of hydrogen-bond donors (Lipinski definition) is 0. The van der Waals surface area contributed by atoms with Crippen LogP contribution >= 0.6 is 0 Å². The van der Waals surface area contributed by atoms with Gasteiger partial charge in [-0.3, -0.25) is 14.9 Å². The molecular weight excluding hydrogens is 396 g/mol. The summed E-state index contributed by atoms with van der Waals surface area (Å²) in [4.78, 5) is 23.5. The zero-order valence-corrected chi connectivity index (χ0v) is 15.7. The molecule has 0 N–H and O–H groups in total. The van der Waals surface area contributed by atoms with Crippen molar-refractivity contribution in [3.63, 3.8) is 0 Å². The lowest BCUT2D eigenvalue weighted by Gasteiger charge is -2.08. The van der Waals surface area contributed by atoms with E-state index < -0.39 is 4.92 Å². The minimum absolute atomic E-state index is 0. The smallest absolute Gasteiger partial charge is 0.270 e. The first-order valence-electron chi connectivity index (χ1n) is 7.88. The monoisotopic (exact) mass is 412 g/mol. The fraction of sp³-hybridized carbons (Fsp3) is 0.100. The van der Waals surface area contributed by atoms with E-state index in [1.165, 1.54) is 12.1 Å². The van der Waals surface area contributed by atoms with Gasteiger partial charge >= 0.3 is 0 Å². The third kappa shape index (κ3) is 4.21. The maximum atomic E-state index is 12.9. The summed E-state index contributed by atoms with van der Waals surface area (Å²) in [5.74, 6) is -0.214. The summed E-state index contributed by atoms with van der Waals surface area (Å²) < 4.78 is 2.00. The van der Waals surface area contributed by atoms with Crippen molar-refractivity contribution in [1.29, 1.82) is 0 Å². The predicted molar refractivity (Wildman–Crippen MR) is 93.4 cm³/mol. The molecule has 3 rings (SSSR count). The van der Waals surface area contributed by atoms with Crippen LogP contribution in [0, 0.1) is 17.0 Å². The maximum absolute atomic E-state index is 12.9. The predicted octanol–water partition coefficient (Wildman–Crippen LogP) is 0.474. The number of non-ortho nitro benzene ring substituents is 1. The molecule has 0 amide bonds. The number of carbonyl (C=O) groups is 1. The van der Waals surface area contributed by atoms with Gasteiger partial charge in [0, 0.05) is 47.9 Å². The fourth-order valence-electron chi connectivity index (χ4n) is 2.69. The molecule has 0 saturated heterocycles. The van der Waals surface area contributed by atoms with Crippen LogP contribution in [0.5, 0.6) is 0 Å². The molecule has 1 aromatic heterocycles. The van der Waals surface area contributed by atoms with Crippen LogP contribution in [0.4, 0.5) is 5.69 Å². The summed E-state index contributed by atoms with van der Waals surface area (Å²) >= 11 is 0. The summed E-state index contributed by atoms with van der Waals surface area (Å²) in [6, 6.07) is 19.1. The summed E-state index contributed by atoms with van der Waals surface area (Å²) in [6.45, 7) is 2.45. The Bertz CT molecular complexity index is 943. The van der Waals surface area contributed by atoms with E-state index in [1.807, 2.05) is 42.0 Å². The van der Waals surface area contributed by atoms with Crippen molar-refractivity contribution < 1.29 is 31.3 Å². The van der Waals surface area contributed by atoms with E-state index in [9.17, 15) is 14.9 Å². The molecule has 0 unspecified atom stereocenters. The minimum atomic E-state index is -0.480. The molecule has 3 aromatic rings. The van der Waals surface area contributed by atoms with Crippen molar-refractivity contribution in [3.8, 4) is 0 Å². The van der Waals surface area contributed by atoms with Crippen LogP contribution in [0.1, 0.15) is 27.2 Å². The highest BCUT2D eigenvalue weighted by atomic mass is 79.9. The van der Waals surface area contributed by atoms with Gasteiger partial charge in [0.1, 0.15) is 0 Å². The first-order valence-corrected chi connectivity index (χ1v) is 7.88. The van der Waals surface area contributed by atoms with Crippen molar-refractivity contribution in [2.24, 2.45) is 0 Å². The number of rotatable bonds is 5. The number of nitrogens with zero attached hydrogens (tertiary/aromatic N) is 2. The highest BCUT2D eigenvalue weighted by Crippen LogP contribution is 2.21. The number of hydrogen-bond acceptors (Lipinski definition) is 3. The quantitative estimate of drug-likeness (QED) is 0.265. The van der Waals surface area contributed by atoms with Crippen LogP contribution in [0.3, 0.4) is 0 Å². The molecule has 26 heavy (non-hydrogen) atoms. The molecule has 5 nitrogen and oxygen atoms in total. The molecule has 0 fully saturated rings. The lowest BCUT2D eigenvalue weighted by Crippen LogP contribution is -3.00. The minimum Gasteiger partial charge on any atom is -1.00 e. The maximum Gasteiger partial charge on any atom is 0.270 e. The Morgan fingerprint density at radius 1 is 1.04 bits per heavy atom. The zero-order valence-electron chi connectivity index (χ0n) is 14.1. The highest BCUT2D eigenvalue weighted by Gasteiger charge is 2.20. The fourth-order valence-corrected chi connectivity index (χ4v) is 2.69. The molecule has 0 aliphatic heterocycles. The van der Waals surface area contributed by atoms with Gasteiger partial charge in [0.05, 0.1) is 4.92 Å². The van der Waals surface area contributed by atoms with Gasteiger partial charge in [-0.05, 0) is 6.07 Å². The van der Waals surface area contributed by atoms with Gasteiger partial charge in [-0.1, -0.05) is 36.4 Å². The van der Waals surface area contributed by atoms with Crippen LogP contribution in [0.2, 0.25) is 0 Å². The second-order valence-corrected chi connectivity index (χ2v) is 5.76. The zero-order chi connectivity index (χ0) is 17.8. The van der Waals surface area contributed by atoms with E-state index in [2.05, 4.69) is 0 Å². The van der Waals surface area contributed by atoms with Crippen LogP contribution < -0.4 is 21.5 Å². The van der Waals surface area contributed by atoms with Crippen molar-refractivity contribution in [3.05, 3.63) is 105 Å². The second kappa shape index (κ2) is 8.49. The normalized spacial score (nSPS) is 10.0. The van der Waals surface area contributed by atoms with Gasteiger partial charge in [0.25, 0.3) is 5.69 Å². The lowest BCUT2D eigenvalue weighted by atomic mass is 9.97. The van der Waals surface area contributed by atoms with Crippen LogP contribution in [0.15, 0.2) is 72.9 Å². The Kier molecular flexibility index (Phi) is 6.36. The molecule has 0 atom stereocenters. The Morgan fingerprint density at radius 2 is 1.73 bits per heavy atom. The Hall–Kier alpha value is -2.86. The number of nitro groups is 1. The van der Waals surface area contributed by atoms with Crippen molar-refractivity contribution >= 4 is 11.5 Å². The average Bonchev–Trinajstić information content (AvgIpc) is 2.64. The van der Waals surface area contributed by atoms with E-state index in [4.69, 9.17) is 0 Å². The van der Waals surface area contributed by atoms with Crippen molar-refractivity contribution in [2.45, 2.75) is 13.5 Å². The van der Waals surface area contributed by atoms with E-state index in [0.717, 1.165) is 11.3 Å². The average molecular weight is 413 g/mol. The molecular formula is C20H17BrN2O3. The number of nitro benzene ring substituents is 1. The van der Waals surface area contributed by atoms with E-state index >= 15 is 0 Å². The summed E-state index contributed by atoms with van der Waals surface area (Å²) in [5.41, 5.74) is 2.57. The van der Waals surface area contributed by atoms with Gasteiger partial charge in [-0.25, -0.2) is 0 Å². The topological polar surface area (TPSA) is 64.1 Å². The molecule has 0 bridgehead atoms. The first kappa shape index (κ1) is 19.5. The molecule has 0 aliphatic carbocycles. The highest BCUT2D eigenvalue weighted by molar-refractivity contribution is 6.10. The summed E-state index contributed by atoms with van der Waals surface area (Å²) in [6.07, 6.45) is 1.92. The number of halogens is 1. The van der Waals surface area contributed by atoms with Gasteiger partial charge in [0.15, 0.2) is 24.2 Å². The molecule has 0 spiro atoms. The molecule has 132 valence electrons. The summed E-state index contributed by atoms with van der Waals surface area (Å²) in [5, 5.41) is 11.1. The molecule has 0 saturated carbocycles. The number of ketones is 1. The Labute approximate surface area is 161 Å². The Morgan fingerprint density at radius 3 is 2.38 bits per heavy atom. The Balaban J connectivity index is 0.00000243. The number of aryl methyl sites for hydroxylation is 1. The van der Waals surface area contributed by atoms with Gasteiger partial charge in [-0.2, -0.15) is 4.57 Å². The third-order valence-electron chi connectivity index (χ3n) is 4.09. The van der Waals surface area contributed by atoms with Gasteiger partial charge in [0.2, 0.25) is 0 Å². The molecule has 1 heterocycles. The lowest BCUT2D eigenvalue weighted by molar-refractivity contribution is -0.694. The number of pyridine rings is 1.